The molecule has 0 unspecified atom stereocenters. The maximum absolute atomic E-state index is 5.79. The Morgan fingerprint density at radius 3 is 2.56 bits per heavy atom. The van der Waals surface area contributed by atoms with Crippen molar-refractivity contribution in [2.24, 2.45) is 0 Å². The predicted octanol–water partition coefficient (Wildman–Crippen LogP) is 3.39. The fraction of sp³-hybridized carbons (Fsp3) is 0.0714. The van der Waals surface area contributed by atoms with Gasteiger partial charge in [0.25, 0.3) is 0 Å². The van der Waals surface area contributed by atoms with Crippen LogP contribution in [0.1, 0.15) is 11.7 Å². The fourth-order valence-electron chi connectivity index (χ4n) is 1.44. The molecule has 2 aromatic rings. The number of hydrogen-bond acceptors (Lipinski definition) is 2. The van der Waals surface area contributed by atoms with Gasteiger partial charge in [0.05, 0.1) is 0 Å². The van der Waals surface area contributed by atoms with Crippen LogP contribution in [0.5, 0.6) is 5.75 Å². The number of hydrogen-bond donors (Lipinski definition) is 0. The summed E-state index contributed by atoms with van der Waals surface area (Å²) in [5.74, 6) is 0.830. The first-order chi connectivity index (χ1) is 7.90. The van der Waals surface area contributed by atoms with Gasteiger partial charge in [-0.05, 0) is 24.3 Å². The second-order valence-electron chi connectivity index (χ2n) is 3.37. The summed E-state index contributed by atoms with van der Waals surface area (Å²) in [6, 6.07) is 13.6. The van der Waals surface area contributed by atoms with Gasteiger partial charge in [0, 0.05) is 18.0 Å². The van der Waals surface area contributed by atoms with E-state index in [1.54, 1.807) is 18.5 Å². The first-order valence-corrected chi connectivity index (χ1v) is 5.14. The van der Waals surface area contributed by atoms with Gasteiger partial charge in [0.1, 0.15) is 11.9 Å². The normalized spacial score (nSPS) is 11.8. The van der Waals surface area contributed by atoms with Crippen LogP contribution < -0.4 is 4.74 Å². The van der Waals surface area contributed by atoms with Crippen LogP contribution in [0.3, 0.4) is 0 Å². The molecular weight excluding hydrogens is 198 g/mol. The maximum atomic E-state index is 5.79. The smallest absolute Gasteiger partial charge is 0.143 e. The van der Waals surface area contributed by atoms with Crippen LogP contribution in [0.4, 0.5) is 0 Å². The van der Waals surface area contributed by atoms with Crippen LogP contribution in [0.15, 0.2) is 67.5 Å². The lowest BCUT2D eigenvalue weighted by atomic mass is 10.1. The summed E-state index contributed by atoms with van der Waals surface area (Å²) >= 11 is 0. The number of ether oxygens (including phenoxy) is 1. The molecule has 0 spiro atoms. The summed E-state index contributed by atoms with van der Waals surface area (Å²) in [5, 5.41) is 0. The van der Waals surface area contributed by atoms with Crippen molar-refractivity contribution in [3.05, 3.63) is 73.1 Å². The number of pyridine rings is 1. The molecule has 1 atom stereocenters. The Hall–Kier alpha value is -2.09. The number of benzene rings is 1. The topological polar surface area (TPSA) is 22.1 Å². The molecule has 0 N–H and O–H groups in total. The van der Waals surface area contributed by atoms with E-state index in [2.05, 4.69) is 11.6 Å². The average Bonchev–Trinajstić information content (AvgIpc) is 2.38. The summed E-state index contributed by atoms with van der Waals surface area (Å²) < 4.78 is 5.79. The van der Waals surface area contributed by atoms with Crippen molar-refractivity contribution in [2.75, 3.05) is 0 Å². The van der Waals surface area contributed by atoms with Gasteiger partial charge in [0.2, 0.25) is 0 Å². The molecular formula is C14H13NO. The molecule has 1 aromatic heterocycles. The van der Waals surface area contributed by atoms with Crippen LogP contribution in [0, 0.1) is 0 Å². The lowest BCUT2D eigenvalue weighted by Gasteiger charge is -2.15. The number of rotatable bonds is 4. The van der Waals surface area contributed by atoms with E-state index in [-0.39, 0.29) is 6.10 Å². The average molecular weight is 211 g/mol. The minimum absolute atomic E-state index is 0.156. The molecule has 0 aliphatic heterocycles. The van der Waals surface area contributed by atoms with Gasteiger partial charge in [-0.2, -0.15) is 0 Å². The summed E-state index contributed by atoms with van der Waals surface area (Å²) in [4.78, 5) is 4.07. The Morgan fingerprint density at radius 1 is 1.12 bits per heavy atom. The Kier molecular flexibility index (Phi) is 3.34. The highest BCUT2D eigenvalue weighted by Crippen LogP contribution is 2.21. The van der Waals surface area contributed by atoms with Crippen molar-refractivity contribution in [3.8, 4) is 5.75 Å². The molecule has 0 aliphatic carbocycles. The molecule has 0 amide bonds. The molecule has 80 valence electrons. The molecule has 2 heteroatoms. The molecule has 1 aromatic carbocycles. The summed E-state index contributed by atoms with van der Waals surface area (Å²) in [7, 11) is 0. The largest absolute Gasteiger partial charge is 0.482 e. The predicted molar refractivity (Wildman–Crippen MR) is 64.2 cm³/mol. The van der Waals surface area contributed by atoms with Gasteiger partial charge in [-0.15, -0.1) is 0 Å². The zero-order valence-electron chi connectivity index (χ0n) is 8.91. The highest BCUT2D eigenvalue weighted by molar-refractivity contribution is 5.24. The Balaban J connectivity index is 2.16. The molecule has 0 radical (unpaired) electrons. The monoisotopic (exact) mass is 211 g/mol. The van der Waals surface area contributed by atoms with Crippen molar-refractivity contribution in [1.29, 1.82) is 0 Å². The number of nitrogens with zero attached hydrogens (tertiary/aromatic N) is 1. The zero-order chi connectivity index (χ0) is 11.2. The molecule has 1 heterocycles. The highest BCUT2D eigenvalue weighted by Gasteiger charge is 2.08. The van der Waals surface area contributed by atoms with Crippen LogP contribution in [-0.2, 0) is 0 Å². The van der Waals surface area contributed by atoms with Gasteiger partial charge in [-0.3, -0.25) is 4.98 Å². The summed E-state index contributed by atoms with van der Waals surface area (Å²) in [5.41, 5.74) is 1.00. The number of aromatic nitrogens is 1. The van der Waals surface area contributed by atoms with Crippen LogP contribution >= 0.6 is 0 Å². The van der Waals surface area contributed by atoms with Crippen LogP contribution in [0.2, 0.25) is 0 Å². The summed E-state index contributed by atoms with van der Waals surface area (Å²) in [6.45, 7) is 3.78. The van der Waals surface area contributed by atoms with Crippen molar-refractivity contribution in [3.63, 3.8) is 0 Å². The zero-order valence-corrected chi connectivity index (χ0v) is 8.91. The van der Waals surface area contributed by atoms with E-state index in [0.29, 0.717) is 0 Å². The Bertz CT molecular complexity index is 439. The molecule has 0 saturated heterocycles. The van der Waals surface area contributed by atoms with Gasteiger partial charge in [-0.1, -0.05) is 30.8 Å². The Labute approximate surface area is 95.2 Å². The first-order valence-electron chi connectivity index (χ1n) is 5.14. The lowest BCUT2D eigenvalue weighted by Crippen LogP contribution is -2.04. The van der Waals surface area contributed by atoms with E-state index in [1.807, 2.05) is 42.5 Å². The van der Waals surface area contributed by atoms with E-state index in [9.17, 15) is 0 Å². The summed E-state index contributed by atoms with van der Waals surface area (Å²) in [6.07, 6.45) is 5.14. The van der Waals surface area contributed by atoms with Crippen LogP contribution in [-0.4, -0.2) is 4.98 Å². The SMILES string of the molecule is C=C[C@H](Oc1ccccc1)c1cccnc1. The highest BCUT2D eigenvalue weighted by atomic mass is 16.5. The van der Waals surface area contributed by atoms with E-state index >= 15 is 0 Å². The van der Waals surface area contributed by atoms with E-state index in [4.69, 9.17) is 4.74 Å². The molecule has 2 nitrogen and oxygen atoms in total. The van der Waals surface area contributed by atoms with E-state index in [1.165, 1.54) is 0 Å². The molecule has 0 aliphatic rings. The van der Waals surface area contributed by atoms with E-state index in [0.717, 1.165) is 11.3 Å². The second-order valence-corrected chi connectivity index (χ2v) is 3.37. The maximum Gasteiger partial charge on any atom is 0.143 e. The van der Waals surface area contributed by atoms with Gasteiger partial charge >= 0.3 is 0 Å². The second kappa shape index (κ2) is 5.12. The fourth-order valence-corrected chi connectivity index (χ4v) is 1.44. The Morgan fingerprint density at radius 2 is 1.94 bits per heavy atom. The molecule has 0 bridgehead atoms. The molecule has 2 rings (SSSR count). The van der Waals surface area contributed by atoms with Crippen LogP contribution in [0.25, 0.3) is 0 Å². The minimum Gasteiger partial charge on any atom is -0.482 e. The van der Waals surface area contributed by atoms with Crippen molar-refractivity contribution >= 4 is 0 Å². The standard InChI is InChI=1S/C14H13NO/c1-2-14(12-7-6-10-15-11-12)16-13-8-4-3-5-9-13/h2-11,14H,1H2/t14-/m0/s1. The molecule has 0 fully saturated rings. The van der Waals surface area contributed by atoms with Crippen molar-refractivity contribution in [2.45, 2.75) is 6.10 Å². The third-order valence-corrected chi connectivity index (χ3v) is 2.23. The van der Waals surface area contributed by atoms with Crippen molar-refractivity contribution < 1.29 is 4.74 Å². The third kappa shape index (κ3) is 2.48. The van der Waals surface area contributed by atoms with E-state index < -0.39 is 0 Å². The molecule has 0 saturated carbocycles. The van der Waals surface area contributed by atoms with Gasteiger partial charge in [-0.25, -0.2) is 0 Å². The van der Waals surface area contributed by atoms with Crippen molar-refractivity contribution in [1.82, 2.24) is 4.98 Å². The quantitative estimate of drug-likeness (QED) is 0.723. The first kappa shape index (κ1) is 10.4. The minimum atomic E-state index is -0.156. The van der Waals surface area contributed by atoms with Gasteiger partial charge < -0.3 is 4.74 Å². The lowest BCUT2D eigenvalue weighted by molar-refractivity contribution is 0.255. The number of para-hydroxylation sites is 1. The van der Waals surface area contributed by atoms with Gasteiger partial charge in [0.15, 0.2) is 0 Å². The molecule has 16 heavy (non-hydrogen) atoms. The third-order valence-electron chi connectivity index (χ3n) is 2.23.